The van der Waals surface area contributed by atoms with Gasteiger partial charge in [-0.2, -0.15) is 0 Å². The summed E-state index contributed by atoms with van der Waals surface area (Å²) in [7, 11) is 0. The maximum Gasteiger partial charge on any atom is 0.255 e. The van der Waals surface area contributed by atoms with Crippen LogP contribution in [0.2, 0.25) is 0 Å². The Morgan fingerprint density at radius 3 is 2.78 bits per heavy atom. The number of anilines is 2. The van der Waals surface area contributed by atoms with E-state index in [9.17, 15) is 4.79 Å². The predicted molar refractivity (Wildman–Crippen MR) is 98.1 cm³/mol. The van der Waals surface area contributed by atoms with Crippen LogP contribution in [0.25, 0.3) is 0 Å². The number of amides is 1. The van der Waals surface area contributed by atoms with Gasteiger partial charge in [0.2, 0.25) is 0 Å². The molecule has 23 heavy (non-hydrogen) atoms. The van der Waals surface area contributed by atoms with Crippen molar-refractivity contribution in [3.8, 4) is 5.75 Å². The number of carbonyl (C=O) groups excluding carboxylic acids is 1. The van der Waals surface area contributed by atoms with Gasteiger partial charge in [0.1, 0.15) is 5.75 Å². The Balaban J connectivity index is 2.13. The lowest BCUT2D eigenvalue weighted by Gasteiger charge is -2.12. The van der Waals surface area contributed by atoms with Gasteiger partial charge in [0.05, 0.1) is 12.3 Å². The third-order valence-electron chi connectivity index (χ3n) is 3.41. The molecule has 2 rings (SSSR count). The van der Waals surface area contributed by atoms with Gasteiger partial charge in [-0.05, 0) is 65.2 Å². The van der Waals surface area contributed by atoms with Gasteiger partial charge < -0.3 is 15.8 Å². The fourth-order valence-corrected chi connectivity index (χ4v) is 2.85. The molecule has 0 aromatic heterocycles. The van der Waals surface area contributed by atoms with E-state index >= 15 is 0 Å². The molecule has 122 valence electrons. The second-order valence-electron chi connectivity index (χ2n) is 5.38. The molecule has 1 amide bonds. The van der Waals surface area contributed by atoms with Crippen LogP contribution in [0.15, 0.2) is 40.9 Å². The molecule has 0 atom stereocenters. The van der Waals surface area contributed by atoms with Crippen molar-refractivity contribution in [1.82, 2.24) is 0 Å². The molecule has 0 saturated carbocycles. The van der Waals surface area contributed by atoms with Crippen LogP contribution < -0.4 is 15.8 Å². The van der Waals surface area contributed by atoms with E-state index in [0.29, 0.717) is 23.6 Å². The molecule has 0 radical (unpaired) electrons. The molecule has 0 aliphatic carbocycles. The van der Waals surface area contributed by atoms with E-state index in [1.54, 1.807) is 18.2 Å². The summed E-state index contributed by atoms with van der Waals surface area (Å²) in [5, 5.41) is 2.92. The highest BCUT2D eigenvalue weighted by atomic mass is 79.9. The molecule has 2 aromatic rings. The molecule has 0 fully saturated rings. The lowest BCUT2D eigenvalue weighted by molar-refractivity contribution is 0.102. The molecule has 0 spiro atoms. The van der Waals surface area contributed by atoms with Crippen LogP contribution in [-0.2, 0) is 0 Å². The zero-order chi connectivity index (χ0) is 16.8. The number of nitrogens with two attached hydrogens (primary N) is 1. The van der Waals surface area contributed by atoms with Crippen molar-refractivity contribution in [2.75, 3.05) is 17.7 Å². The summed E-state index contributed by atoms with van der Waals surface area (Å²) in [5.74, 6) is 0.527. The summed E-state index contributed by atoms with van der Waals surface area (Å²) in [6.45, 7) is 4.67. The van der Waals surface area contributed by atoms with Crippen molar-refractivity contribution in [2.24, 2.45) is 0 Å². The third kappa shape index (κ3) is 4.73. The van der Waals surface area contributed by atoms with Gasteiger partial charge >= 0.3 is 0 Å². The number of carbonyl (C=O) groups is 1. The number of halogens is 1. The van der Waals surface area contributed by atoms with Gasteiger partial charge in [-0.15, -0.1) is 0 Å². The topological polar surface area (TPSA) is 64.3 Å². The van der Waals surface area contributed by atoms with Crippen LogP contribution in [0.5, 0.6) is 5.75 Å². The van der Waals surface area contributed by atoms with Crippen molar-refractivity contribution in [1.29, 1.82) is 0 Å². The number of nitrogens with one attached hydrogen (secondary N) is 1. The van der Waals surface area contributed by atoms with Crippen molar-refractivity contribution < 1.29 is 9.53 Å². The summed E-state index contributed by atoms with van der Waals surface area (Å²) < 4.78 is 6.41. The van der Waals surface area contributed by atoms with Crippen LogP contribution in [0, 0.1) is 6.92 Å². The van der Waals surface area contributed by atoms with Gasteiger partial charge in [0.25, 0.3) is 5.91 Å². The minimum absolute atomic E-state index is 0.181. The Morgan fingerprint density at radius 2 is 2.09 bits per heavy atom. The lowest BCUT2D eigenvalue weighted by Crippen LogP contribution is -2.13. The number of ether oxygens (including phenoxy) is 1. The normalized spacial score (nSPS) is 10.4. The number of nitrogen functional groups attached to an aromatic ring is 1. The minimum Gasteiger partial charge on any atom is -0.494 e. The maximum absolute atomic E-state index is 12.5. The molecule has 2 aromatic carbocycles. The van der Waals surface area contributed by atoms with Crippen LogP contribution >= 0.6 is 15.9 Å². The van der Waals surface area contributed by atoms with Crippen LogP contribution in [0.1, 0.15) is 35.7 Å². The van der Waals surface area contributed by atoms with Crippen LogP contribution in [0.4, 0.5) is 11.4 Å². The number of rotatable bonds is 6. The van der Waals surface area contributed by atoms with E-state index in [-0.39, 0.29) is 5.91 Å². The highest BCUT2D eigenvalue weighted by Gasteiger charge is 2.12. The Hall–Kier alpha value is -2.01. The molecule has 5 heteroatoms. The lowest BCUT2D eigenvalue weighted by atomic mass is 10.1. The van der Waals surface area contributed by atoms with Gasteiger partial charge in [0, 0.05) is 15.7 Å². The third-order valence-corrected chi connectivity index (χ3v) is 4.04. The van der Waals surface area contributed by atoms with E-state index in [2.05, 4.69) is 28.2 Å². The van der Waals surface area contributed by atoms with E-state index < -0.39 is 0 Å². The molecule has 0 saturated heterocycles. The van der Waals surface area contributed by atoms with Crippen molar-refractivity contribution in [2.45, 2.75) is 26.7 Å². The van der Waals surface area contributed by atoms with Gasteiger partial charge in [-0.3, -0.25) is 4.79 Å². The Kier molecular flexibility index (Phi) is 6.04. The Morgan fingerprint density at radius 1 is 1.30 bits per heavy atom. The molecule has 0 heterocycles. The fraction of sp³-hybridized carbons (Fsp3) is 0.278. The zero-order valence-electron chi connectivity index (χ0n) is 13.4. The summed E-state index contributed by atoms with van der Waals surface area (Å²) in [4.78, 5) is 12.5. The van der Waals surface area contributed by atoms with E-state index in [0.717, 1.165) is 28.6 Å². The van der Waals surface area contributed by atoms with E-state index in [1.165, 1.54) is 0 Å². The average molecular weight is 377 g/mol. The molecule has 4 nitrogen and oxygen atoms in total. The molecule has 3 N–H and O–H groups in total. The van der Waals surface area contributed by atoms with E-state index in [1.807, 2.05) is 25.1 Å². The maximum atomic E-state index is 12.5. The molecular formula is C18H21BrN2O2. The first-order valence-electron chi connectivity index (χ1n) is 7.61. The summed E-state index contributed by atoms with van der Waals surface area (Å²) in [6.07, 6.45) is 2.07. The second-order valence-corrected chi connectivity index (χ2v) is 6.23. The summed E-state index contributed by atoms with van der Waals surface area (Å²) >= 11 is 3.44. The minimum atomic E-state index is -0.181. The fourth-order valence-electron chi connectivity index (χ4n) is 2.18. The Bertz CT molecular complexity index is 678. The van der Waals surface area contributed by atoms with E-state index in [4.69, 9.17) is 10.5 Å². The first-order valence-corrected chi connectivity index (χ1v) is 8.40. The summed E-state index contributed by atoms with van der Waals surface area (Å²) in [6, 6.07) is 10.8. The van der Waals surface area contributed by atoms with Crippen LogP contribution in [-0.4, -0.2) is 12.5 Å². The van der Waals surface area contributed by atoms with Crippen molar-refractivity contribution >= 4 is 33.2 Å². The first-order chi connectivity index (χ1) is 11.0. The van der Waals surface area contributed by atoms with Crippen LogP contribution in [0.3, 0.4) is 0 Å². The van der Waals surface area contributed by atoms with Crippen molar-refractivity contribution in [3.63, 3.8) is 0 Å². The van der Waals surface area contributed by atoms with Gasteiger partial charge in [-0.1, -0.05) is 19.4 Å². The zero-order valence-corrected chi connectivity index (χ0v) is 14.9. The van der Waals surface area contributed by atoms with Gasteiger partial charge in [-0.25, -0.2) is 0 Å². The standard InChI is InChI=1S/C18H21BrN2O2/c1-3-4-8-23-15-7-5-6-13(10-15)18(22)21-17-12(2)9-14(20)11-16(17)19/h5-7,9-11H,3-4,8,20H2,1-2H3,(H,21,22). The molecule has 0 unspecified atom stereocenters. The second kappa shape index (κ2) is 8.02. The average Bonchev–Trinajstić information content (AvgIpc) is 2.51. The molecular weight excluding hydrogens is 356 g/mol. The largest absolute Gasteiger partial charge is 0.494 e. The first kappa shape index (κ1) is 17.3. The SMILES string of the molecule is CCCCOc1cccc(C(=O)Nc2c(C)cc(N)cc2Br)c1. The number of aryl methyl sites for hydroxylation is 1. The molecule has 0 aliphatic heterocycles. The summed E-state index contributed by atoms with van der Waals surface area (Å²) in [5.41, 5.74) is 8.62. The number of benzene rings is 2. The number of hydrogen-bond acceptors (Lipinski definition) is 3. The smallest absolute Gasteiger partial charge is 0.255 e. The van der Waals surface area contributed by atoms with Crippen molar-refractivity contribution in [3.05, 3.63) is 52.0 Å². The quantitative estimate of drug-likeness (QED) is 0.563. The number of hydrogen-bond donors (Lipinski definition) is 2. The molecule has 0 bridgehead atoms. The predicted octanol–water partition coefficient (Wildman–Crippen LogP) is 4.77. The molecule has 0 aliphatic rings. The number of unbranched alkanes of at least 4 members (excludes halogenated alkanes) is 1. The highest BCUT2D eigenvalue weighted by molar-refractivity contribution is 9.10. The van der Waals surface area contributed by atoms with Gasteiger partial charge in [0.15, 0.2) is 0 Å². The highest BCUT2D eigenvalue weighted by Crippen LogP contribution is 2.29. The monoisotopic (exact) mass is 376 g/mol. The Labute approximate surface area is 145 Å².